The predicted octanol–water partition coefficient (Wildman–Crippen LogP) is 9.55. The van der Waals surface area contributed by atoms with Gasteiger partial charge in [-0.05, 0) is 23.1 Å². The Labute approximate surface area is 305 Å². The first-order chi connectivity index (χ1) is 24.0. The minimum Gasteiger partial charge on any atom is -0.0564 e. The van der Waals surface area contributed by atoms with Crippen LogP contribution in [0.5, 0.6) is 11.5 Å². The Kier molecular flexibility index (Phi) is 8.09. The van der Waals surface area contributed by atoms with Crippen LogP contribution in [0, 0.1) is 0 Å². The summed E-state index contributed by atoms with van der Waals surface area (Å²) in [6.07, 6.45) is 5.79. The second-order valence-electron chi connectivity index (χ2n) is 14.9. The molecule has 0 spiro atoms. The molecule has 0 saturated heterocycles. The summed E-state index contributed by atoms with van der Waals surface area (Å²) < 4.78 is 9.35. The molecule has 50 heavy (non-hydrogen) atoms. The van der Waals surface area contributed by atoms with Crippen LogP contribution in [-0.2, 0) is 10.8 Å². The SMILES string of the molecule is CC(C)(C)c1ccc(N2CN(c3cccc(Oc4ccc5c(c4)N(c4cc(C(C)(C)C)ccn4)c4cnccc4[Te]5)c3)c3ccccc32)cc1. The van der Waals surface area contributed by atoms with Crippen molar-refractivity contribution in [3.8, 4) is 11.5 Å². The molecular weight excluding hydrogens is 730 g/mol. The van der Waals surface area contributed by atoms with Gasteiger partial charge in [0.25, 0.3) is 0 Å². The number of benzene rings is 4. The molecule has 2 aromatic heterocycles. The molecule has 6 nitrogen and oxygen atoms in total. The Morgan fingerprint density at radius 2 is 1.28 bits per heavy atom. The van der Waals surface area contributed by atoms with Gasteiger partial charge in [0.1, 0.15) is 0 Å². The van der Waals surface area contributed by atoms with Gasteiger partial charge in [-0.15, -0.1) is 0 Å². The average molecular weight is 771 g/mol. The normalized spacial score (nSPS) is 13.9. The fourth-order valence-corrected chi connectivity index (χ4v) is 9.47. The van der Waals surface area contributed by atoms with E-state index in [0.29, 0.717) is 6.67 Å². The van der Waals surface area contributed by atoms with Gasteiger partial charge in [-0.2, -0.15) is 0 Å². The van der Waals surface area contributed by atoms with Crippen LogP contribution in [0.2, 0.25) is 0 Å². The zero-order chi connectivity index (χ0) is 34.6. The van der Waals surface area contributed by atoms with Crippen molar-refractivity contribution in [2.24, 2.45) is 0 Å². The zero-order valence-electron chi connectivity index (χ0n) is 29.4. The number of nitrogens with zero attached hydrogens (tertiary/aromatic N) is 5. The number of pyridine rings is 2. The third-order valence-corrected chi connectivity index (χ3v) is 12.6. The van der Waals surface area contributed by atoms with Crippen molar-refractivity contribution in [1.82, 2.24) is 9.97 Å². The third kappa shape index (κ3) is 6.10. The van der Waals surface area contributed by atoms with Crippen molar-refractivity contribution in [3.05, 3.63) is 139 Å². The molecule has 2 aliphatic heterocycles. The molecule has 4 aromatic carbocycles. The quantitative estimate of drug-likeness (QED) is 0.163. The molecule has 0 aliphatic carbocycles. The van der Waals surface area contributed by atoms with Gasteiger partial charge in [-0.1, -0.05) is 39.0 Å². The van der Waals surface area contributed by atoms with Crippen molar-refractivity contribution in [3.63, 3.8) is 0 Å². The van der Waals surface area contributed by atoms with E-state index in [1.165, 1.54) is 35.4 Å². The average Bonchev–Trinajstić information content (AvgIpc) is 3.50. The van der Waals surface area contributed by atoms with Gasteiger partial charge >= 0.3 is 245 Å². The van der Waals surface area contributed by atoms with Crippen molar-refractivity contribution < 1.29 is 4.74 Å². The maximum atomic E-state index is 6.65. The van der Waals surface area contributed by atoms with Crippen molar-refractivity contribution in [1.29, 1.82) is 0 Å². The Bertz CT molecular complexity index is 2200. The molecule has 0 N–H and O–H groups in total. The number of para-hydroxylation sites is 2. The van der Waals surface area contributed by atoms with Crippen LogP contribution in [0.1, 0.15) is 52.7 Å². The van der Waals surface area contributed by atoms with Crippen molar-refractivity contribution >= 4 is 68.1 Å². The summed E-state index contributed by atoms with van der Waals surface area (Å²) in [5.74, 6) is 2.48. The van der Waals surface area contributed by atoms with E-state index in [1.807, 2.05) is 24.7 Å². The van der Waals surface area contributed by atoms with E-state index >= 15 is 0 Å². The van der Waals surface area contributed by atoms with Crippen LogP contribution in [0.25, 0.3) is 0 Å². The molecule has 0 bridgehead atoms. The summed E-state index contributed by atoms with van der Waals surface area (Å²) >= 11 is -0.614. The number of fused-ring (bicyclic) bond motifs is 3. The molecule has 0 amide bonds. The topological polar surface area (TPSA) is 44.7 Å². The van der Waals surface area contributed by atoms with E-state index < -0.39 is 20.9 Å². The maximum Gasteiger partial charge on any atom is -0.0380 e. The fraction of sp³-hybridized carbons (Fsp3) is 0.209. The van der Waals surface area contributed by atoms with E-state index in [2.05, 4.69) is 164 Å². The molecule has 0 radical (unpaired) electrons. The number of ether oxygens (including phenoxy) is 1. The molecule has 250 valence electrons. The van der Waals surface area contributed by atoms with E-state index in [9.17, 15) is 0 Å². The van der Waals surface area contributed by atoms with Gasteiger partial charge in [0.05, 0.1) is 0 Å². The van der Waals surface area contributed by atoms with Gasteiger partial charge in [0.15, 0.2) is 0 Å². The standard InChI is InChI=1S/C43H41N5OTe/c1-42(2,3)29-14-16-31(17-15-29)46-28-47(36-13-8-7-12-35(36)46)32-10-9-11-33(25-32)49-34-18-19-39-37(26-34)48(38-27-44-22-21-40(38)50-39)41-24-30(20-23-45-41)43(4,5)6/h7-27H,28H2,1-6H3. The van der Waals surface area contributed by atoms with Crippen molar-refractivity contribution in [2.45, 2.75) is 52.4 Å². The molecule has 7 heteroatoms. The minimum atomic E-state index is -0.614. The number of hydrogen-bond donors (Lipinski definition) is 0. The minimum absolute atomic E-state index is 0.00199. The first-order valence-corrected chi connectivity index (χ1v) is 19.4. The molecule has 8 rings (SSSR count). The fourth-order valence-electron chi connectivity index (χ4n) is 6.60. The third-order valence-electron chi connectivity index (χ3n) is 9.39. The summed E-state index contributed by atoms with van der Waals surface area (Å²) in [6.45, 7) is 14.2. The monoisotopic (exact) mass is 773 g/mol. The van der Waals surface area contributed by atoms with Gasteiger partial charge < -0.3 is 0 Å². The first kappa shape index (κ1) is 32.4. The van der Waals surface area contributed by atoms with E-state index in [4.69, 9.17) is 9.72 Å². The van der Waals surface area contributed by atoms with E-state index in [1.54, 1.807) is 0 Å². The molecular formula is C43H41N5OTe. The van der Waals surface area contributed by atoms with Crippen LogP contribution >= 0.6 is 0 Å². The zero-order valence-corrected chi connectivity index (χ0v) is 31.7. The van der Waals surface area contributed by atoms with Gasteiger partial charge in [0.2, 0.25) is 0 Å². The number of hydrogen-bond acceptors (Lipinski definition) is 6. The van der Waals surface area contributed by atoms with Gasteiger partial charge in [-0.25, -0.2) is 0 Å². The molecule has 0 saturated carbocycles. The van der Waals surface area contributed by atoms with Gasteiger partial charge in [0, 0.05) is 0 Å². The summed E-state index contributed by atoms with van der Waals surface area (Å²) in [7, 11) is 0. The number of anilines is 7. The van der Waals surface area contributed by atoms with Crippen LogP contribution in [-0.4, -0.2) is 37.6 Å². The second-order valence-corrected chi connectivity index (χ2v) is 18.0. The molecule has 4 heterocycles. The predicted molar refractivity (Wildman–Crippen MR) is 208 cm³/mol. The summed E-state index contributed by atoms with van der Waals surface area (Å²) in [5.41, 5.74) is 9.54. The largest absolute Gasteiger partial charge is 0.0564 e. The molecule has 0 fully saturated rings. The first-order valence-electron chi connectivity index (χ1n) is 17.1. The smallest absolute Gasteiger partial charge is 0.0380 e. The van der Waals surface area contributed by atoms with Crippen LogP contribution < -0.4 is 26.7 Å². The van der Waals surface area contributed by atoms with Crippen LogP contribution in [0.15, 0.2) is 128 Å². The van der Waals surface area contributed by atoms with E-state index in [0.717, 1.165) is 34.4 Å². The summed E-state index contributed by atoms with van der Waals surface area (Å²) in [5, 5.41) is 0. The van der Waals surface area contributed by atoms with E-state index in [-0.39, 0.29) is 10.8 Å². The van der Waals surface area contributed by atoms with Gasteiger partial charge in [-0.3, -0.25) is 0 Å². The summed E-state index contributed by atoms with van der Waals surface area (Å²) in [6, 6.07) is 39.0. The molecule has 0 atom stereocenters. The van der Waals surface area contributed by atoms with Crippen LogP contribution in [0.3, 0.4) is 0 Å². The van der Waals surface area contributed by atoms with Crippen LogP contribution in [0.4, 0.5) is 39.9 Å². The Balaban J connectivity index is 1.10. The second kappa shape index (κ2) is 12.5. The molecule has 6 aromatic rings. The Hall–Kier alpha value is -4.83. The molecule has 0 unspecified atom stereocenters. The molecule has 2 aliphatic rings. The Morgan fingerprint density at radius 3 is 2.02 bits per heavy atom. The Morgan fingerprint density at radius 1 is 0.580 bits per heavy atom. The number of rotatable bonds is 5. The maximum absolute atomic E-state index is 6.65. The summed E-state index contributed by atoms with van der Waals surface area (Å²) in [4.78, 5) is 16.4. The number of aromatic nitrogens is 2. The van der Waals surface area contributed by atoms with Crippen molar-refractivity contribution in [2.75, 3.05) is 21.4 Å².